The average Bonchev–Trinajstić information content (AvgIpc) is 2.82. The number of benzene rings is 2. The molecule has 2 heterocycles. The van der Waals surface area contributed by atoms with Gasteiger partial charge in [0, 0.05) is 29.4 Å². The summed E-state index contributed by atoms with van der Waals surface area (Å²) in [4.78, 5) is 15.0. The first kappa shape index (κ1) is 23.1. The Bertz CT molecular complexity index is 1110. The van der Waals surface area contributed by atoms with Crippen molar-refractivity contribution < 1.29 is 9.53 Å². The first-order valence-corrected chi connectivity index (χ1v) is 11.7. The standard InChI is InChI=1S/C26H29ClN4O2/c1-17-11-13-31(14-12-17)25-10-9-24(29-30-25)20-5-4-6-21(16-20)28-26(32)19(3)33-22-7-8-23(27)18(2)15-22/h4-10,15-17,19H,11-14H2,1-3H3,(H,28,32). The van der Waals surface area contributed by atoms with Crippen LogP contribution in [-0.2, 0) is 4.79 Å². The maximum absolute atomic E-state index is 12.7. The van der Waals surface area contributed by atoms with Gasteiger partial charge in [-0.25, -0.2) is 0 Å². The van der Waals surface area contributed by atoms with Crippen LogP contribution < -0.4 is 15.0 Å². The number of carbonyl (C=O) groups is 1. The minimum absolute atomic E-state index is 0.236. The first-order valence-electron chi connectivity index (χ1n) is 11.3. The third-order valence-corrected chi connectivity index (χ3v) is 6.42. The van der Waals surface area contributed by atoms with E-state index in [0.29, 0.717) is 16.5 Å². The van der Waals surface area contributed by atoms with E-state index in [1.807, 2.05) is 49.4 Å². The van der Waals surface area contributed by atoms with E-state index in [0.717, 1.165) is 41.6 Å². The van der Waals surface area contributed by atoms with Gasteiger partial charge in [0.05, 0.1) is 5.69 Å². The Morgan fingerprint density at radius 1 is 1.12 bits per heavy atom. The molecule has 4 rings (SSSR count). The van der Waals surface area contributed by atoms with E-state index in [-0.39, 0.29) is 5.91 Å². The molecule has 7 heteroatoms. The maximum atomic E-state index is 12.7. The van der Waals surface area contributed by atoms with Crippen molar-refractivity contribution in [2.75, 3.05) is 23.3 Å². The molecule has 0 radical (unpaired) electrons. The van der Waals surface area contributed by atoms with E-state index in [1.54, 1.807) is 19.1 Å². The summed E-state index contributed by atoms with van der Waals surface area (Å²) in [5.41, 5.74) is 3.23. The Kier molecular flexibility index (Phi) is 7.14. The topological polar surface area (TPSA) is 67.3 Å². The van der Waals surface area contributed by atoms with Crippen molar-refractivity contribution in [3.05, 3.63) is 65.2 Å². The summed E-state index contributed by atoms with van der Waals surface area (Å²) in [6, 6.07) is 16.9. The second-order valence-corrected chi connectivity index (χ2v) is 9.09. The summed E-state index contributed by atoms with van der Waals surface area (Å²) in [6.45, 7) is 7.95. The van der Waals surface area contributed by atoms with Crippen molar-refractivity contribution in [2.24, 2.45) is 5.92 Å². The second-order valence-electron chi connectivity index (χ2n) is 8.69. The van der Waals surface area contributed by atoms with E-state index in [4.69, 9.17) is 16.3 Å². The Morgan fingerprint density at radius 2 is 1.91 bits per heavy atom. The van der Waals surface area contributed by atoms with Gasteiger partial charge in [-0.3, -0.25) is 4.79 Å². The Labute approximate surface area is 199 Å². The van der Waals surface area contributed by atoms with E-state index < -0.39 is 6.10 Å². The van der Waals surface area contributed by atoms with Crippen molar-refractivity contribution in [3.8, 4) is 17.0 Å². The van der Waals surface area contributed by atoms with Gasteiger partial charge < -0.3 is 15.0 Å². The van der Waals surface area contributed by atoms with Gasteiger partial charge >= 0.3 is 0 Å². The van der Waals surface area contributed by atoms with Crippen LogP contribution in [0.4, 0.5) is 11.5 Å². The third-order valence-electron chi connectivity index (χ3n) is 6.00. The van der Waals surface area contributed by atoms with Crippen LogP contribution in [0.25, 0.3) is 11.3 Å². The fourth-order valence-electron chi connectivity index (χ4n) is 3.83. The number of nitrogens with zero attached hydrogens (tertiary/aromatic N) is 3. The lowest BCUT2D eigenvalue weighted by Crippen LogP contribution is -2.33. The van der Waals surface area contributed by atoms with Gasteiger partial charge in [-0.2, -0.15) is 0 Å². The molecule has 1 saturated heterocycles. The van der Waals surface area contributed by atoms with Gasteiger partial charge in [-0.15, -0.1) is 10.2 Å². The number of anilines is 2. The summed E-state index contributed by atoms with van der Waals surface area (Å²) in [7, 11) is 0. The normalized spacial score (nSPS) is 15.2. The van der Waals surface area contributed by atoms with Crippen LogP contribution in [0.3, 0.4) is 0 Å². The van der Waals surface area contributed by atoms with Crippen LogP contribution in [0.1, 0.15) is 32.3 Å². The van der Waals surface area contributed by atoms with Crippen molar-refractivity contribution >= 4 is 29.0 Å². The zero-order chi connectivity index (χ0) is 23.4. The van der Waals surface area contributed by atoms with Gasteiger partial charge in [0.25, 0.3) is 5.91 Å². The van der Waals surface area contributed by atoms with Crippen LogP contribution in [0.5, 0.6) is 5.75 Å². The van der Waals surface area contributed by atoms with E-state index >= 15 is 0 Å². The lowest BCUT2D eigenvalue weighted by molar-refractivity contribution is -0.122. The van der Waals surface area contributed by atoms with Gasteiger partial charge in [-0.1, -0.05) is 30.7 Å². The number of carbonyl (C=O) groups excluding carboxylic acids is 1. The number of ether oxygens (including phenoxy) is 1. The van der Waals surface area contributed by atoms with Crippen molar-refractivity contribution in [3.63, 3.8) is 0 Å². The zero-order valence-corrected chi connectivity index (χ0v) is 20.0. The maximum Gasteiger partial charge on any atom is 0.265 e. The molecule has 0 saturated carbocycles. The van der Waals surface area contributed by atoms with Gasteiger partial charge in [-0.05, 0) is 80.6 Å². The number of rotatable bonds is 6. The van der Waals surface area contributed by atoms with E-state index in [1.165, 1.54) is 12.8 Å². The molecule has 1 unspecified atom stereocenters. The highest BCUT2D eigenvalue weighted by Crippen LogP contribution is 2.25. The number of piperidine rings is 1. The first-order chi connectivity index (χ1) is 15.9. The Hall–Kier alpha value is -3.12. The van der Waals surface area contributed by atoms with Crippen LogP contribution >= 0.6 is 11.6 Å². The van der Waals surface area contributed by atoms with Gasteiger partial charge in [0.2, 0.25) is 0 Å². The third kappa shape index (κ3) is 5.82. The Balaban J connectivity index is 1.40. The molecule has 1 aliphatic heterocycles. The molecule has 3 aromatic rings. The molecule has 0 bridgehead atoms. The highest BCUT2D eigenvalue weighted by Gasteiger charge is 2.18. The average molecular weight is 465 g/mol. The molecular weight excluding hydrogens is 436 g/mol. The minimum Gasteiger partial charge on any atom is -0.481 e. The lowest BCUT2D eigenvalue weighted by Gasteiger charge is -2.30. The lowest BCUT2D eigenvalue weighted by atomic mass is 9.99. The molecule has 1 atom stereocenters. The summed E-state index contributed by atoms with van der Waals surface area (Å²) in [6.07, 6.45) is 1.70. The molecule has 1 aromatic heterocycles. The number of hydrogen-bond acceptors (Lipinski definition) is 5. The quantitative estimate of drug-likeness (QED) is 0.503. The highest BCUT2D eigenvalue weighted by atomic mass is 35.5. The number of aryl methyl sites for hydroxylation is 1. The summed E-state index contributed by atoms with van der Waals surface area (Å²) >= 11 is 6.06. The molecule has 2 aromatic carbocycles. The number of halogens is 1. The number of hydrogen-bond donors (Lipinski definition) is 1. The van der Waals surface area contributed by atoms with Crippen molar-refractivity contribution in [2.45, 2.75) is 39.7 Å². The fraction of sp³-hybridized carbons (Fsp3) is 0.346. The molecule has 33 heavy (non-hydrogen) atoms. The number of amides is 1. The molecular formula is C26H29ClN4O2. The van der Waals surface area contributed by atoms with Gasteiger partial charge in [0.15, 0.2) is 11.9 Å². The number of aromatic nitrogens is 2. The van der Waals surface area contributed by atoms with Crippen molar-refractivity contribution in [1.29, 1.82) is 0 Å². The van der Waals surface area contributed by atoms with Gasteiger partial charge in [0.1, 0.15) is 5.75 Å². The van der Waals surface area contributed by atoms with Crippen molar-refractivity contribution in [1.82, 2.24) is 10.2 Å². The predicted octanol–water partition coefficient (Wildman–Crippen LogP) is 5.75. The molecule has 172 valence electrons. The van der Waals surface area contributed by atoms with E-state index in [2.05, 4.69) is 27.3 Å². The van der Waals surface area contributed by atoms with Crippen LogP contribution in [0.2, 0.25) is 5.02 Å². The van der Waals surface area contributed by atoms with Crippen LogP contribution in [0, 0.1) is 12.8 Å². The predicted molar refractivity (Wildman–Crippen MR) is 133 cm³/mol. The fourth-order valence-corrected chi connectivity index (χ4v) is 3.95. The second kappa shape index (κ2) is 10.2. The number of nitrogens with one attached hydrogen (secondary N) is 1. The smallest absolute Gasteiger partial charge is 0.265 e. The molecule has 1 fully saturated rings. The largest absolute Gasteiger partial charge is 0.481 e. The highest BCUT2D eigenvalue weighted by molar-refractivity contribution is 6.31. The molecule has 1 N–H and O–H groups in total. The molecule has 6 nitrogen and oxygen atoms in total. The summed E-state index contributed by atoms with van der Waals surface area (Å²) in [5, 5.41) is 12.5. The molecule has 0 spiro atoms. The minimum atomic E-state index is -0.666. The summed E-state index contributed by atoms with van der Waals surface area (Å²) in [5.74, 6) is 2.06. The SMILES string of the molecule is Cc1cc(OC(C)C(=O)Nc2cccc(-c3ccc(N4CCC(C)CC4)nn3)c2)ccc1Cl. The summed E-state index contributed by atoms with van der Waals surface area (Å²) < 4.78 is 5.78. The Morgan fingerprint density at radius 3 is 2.61 bits per heavy atom. The molecule has 0 aliphatic carbocycles. The monoisotopic (exact) mass is 464 g/mol. The van der Waals surface area contributed by atoms with Crippen LogP contribution in [-0.4, -0.2) is 35.3 Å². The zero-order valence-electron chi connectivity index (χ0n) is 19.2. The molecule has 1 amide bonds. The molecule has 1 aliphatic rings. The van der Waals surface area contributed by atoms with Crippen LogP contribution in [0.15, 0.2) is 54.6 Å². The van der Waals surface area contributed by atoms with E-state index in [9.17, 15) is 4.79 Å².